The fraction of sp³-hybridized carbons (Fsp3) is 0. The first-order valence-corrected chi connectivity index (χ1v) is 5.74. The molecule has 3 N–H and O–H groups in total. The van der Waals surface area contributed by atoms with E-state index in [4.69, 9.17) is 10.9 Å². The van der Waals surface area contributed by atoms with Gasteiger partial charge in [0, 0.05) is 4.90 Å². The highest BCUT2D eigenvalue weighted by atomic mass is 32.2. The van der Waals surface area contributed by atoms with E-state index in [9.17, 15) is 4.39 Å². The average molecular weight is 264 g/mol. The van der Waals surface area contributed by atoms with Crippen molar-refractivity contribution in [2.24, 2.45) is 10.9 Å². The zero-order valence-corrected chi connectivity index (χ0v) is 9.93. The van der Waals surface area contributed by atoms with Crippen LogP contribution in [0.25, 0.3) is 0 Å². The third-order valence-corrected chi connectivity index (χ3v) is 3.02. The Balaban J connectivity index is 2.19. The zero-order chi connectivity index (χ0) is 13.0. The van der Waals surface area contributed by atoms with E-state index in [0.717, 1.165) is 11.8 Å². The number of amidine groups is 1. The second kappa shape index (κ2) is 5.46. The minimum atomic E-state index is -0.315. The van der Waals surface area contributed by atoms with Gasteiger partial charge < -0.3 is 10.9 Å². The van der Waals surface area contributed by atoms with Crippen molar-refractivity contribution in [1.29, 1.82) is 0 Å². The second-order valence-corrected chi connectivity index (χ2v) is 4.32. The normalized spacial score (nSPS) is 11.5. The number of benzene rings is 1. The molecular weight excluding hydrogens is 255 g/mol. The van der Waals surface area contributed by atoms with Crippen molar-refractivity contribution in [2.45, 2.75) is 9.92 Å². The van der Waals surface area contributed by atoms with E-state index in [1.807, 2.05) is 0 Å². The van der Waals surface area contributed by atoms with Gasteiger partial charge in [-0.25, -0.2) is 14.4 Å². The lowest BCUT2D eigenvalue weighted by molar-refractivity contribution is 0.318. The first kappa shape index (κ1) is 12.3. The van der Waals surface area contributed by atoms with E-state index >= 15 is 0 Å². The standard InChI is InChI=1S/C11H9FN4OS/c12-7-3-1-2-4-9(7)18-10-6-14-8(5-15-10)11(13)16-17/h1-6,17H,(H2,13,16). The van der Waals surface area contributed by atoms with Crippen LogP contribution < -0.4 is 5.73 Å². The molecule has 0 atom stereocenters. The lowest BCUT2D eigenvalue weighted by Gasteiger charge is -2.02. The fourth-order valence-electron chi connectivity index (χ4n) is 1.19. The molecule has 0 amide bonds. The number of aromatic nitrogens is 2. The van der Waals surface area contributed by atoms with Crippen molar-refractivity contribution in [3.05, 3.63) is 48.2 Å². The minimum Gasteiger partial charge on any atom is -0.409 e. The Morgan fingerprint density at radius 2 is 2.06 bits per heavy atom. The predicted octanol–water partition coefficient (Wildman–Crippen LogP) is 1.86. The van der Waals surface area contributed by atoms with Crippen LogP contribution in [-0.4, -0.2) is 21.0 Å². The maximum atomic E-state index is 13.4. The van der Waals surface area contributed by atoms with Crippen LogP contribution in [0.1, 0.15) is 5.69 Å². The zero-order valence-electron chi connectivity index (χ0n) is 9.12. The third kappa shape index (κ3) is 2.75. The molecule has 0 fully saturated rings. The van der Waals surface area contributed by atoms with Crippen LogP contribution in [-0.2, 0) is 0 Å². The molecule has 2 rings (SSSR count). The van der Waals surface area contributed by atoms with Crippen molar-refractivity contribution < 1.29 is 9.60 Å². The lowest BCUT2D eigenvalue weighted by Crippen LogP contribution is -2.15. The largest absolute Gasteiger partial charge is 0.409 e. The highest BCUT2D eigenvalue weighted by Crippen LogP contribution is 2.27. The van der Waals surface area contributed by atoms with Gasteiger partial charge in [-0.05, 0) is 12.1 Å². The molecule has 0 aliphatic rings. The quantitative estimate of drug-likeness (QED) is 0.382. The minimum absolute atomic E-state index is 0.120. The molecule has 0 saturated heterocycles. The molecule has 1 aromatic heterocycles. The number of hydrogen-bond donors (Lipinski definition) is 2. The maximum Gasteiger partial charge on any atom is 0.190 e. The molecule has 0 unspecified atom stereocenters. The molecule has 0 bridgehead atoms. The van der Waals surface area contributed by atoms with Gasteiger partial charge in [0.25, 0.3) is 0 Å². The predicted molar refractivity (Wildman–Crippen MR) is 65.1 cm³/mol. The van der Waals surface area contributed by atoms with Crippen LogP contribution in [0.2, 0.25) is 0 Å². The number of nitrogens with zero attached hydrogens (tertiary/aromatic N) is 3. The van der Waals surface area contributed by atoms with Crippen LogP contribution in [0, 0.1) is 5.82 Å². The first-order chi connectivity index (χ1) is 8.70. The van der Waals surface area contributed by atoms with Gasteiger partial charge >= 0.3 is 0 Å². The average Bonchev–Trinajstić information content (AvgIpc) is 2.41. The van der Waals surface area contributed by atoms with Crippen LogP contribution >= 0.6 is 11.8 Å². The molecule has 0 radical (unpaired) electrons. The summed E-state index contributed by atoms with van der Waals surface area (Å²) in [5.74, 6) is -0.435. The molecule has 18 heavy (non-hydrogen) atoms. The molecule has 1 heterocycles. The maximum absolute atomic E-state index is 13.4. The molecule has 7 heteroatoms. The Kier molecular flexibility index (Phi) is 3.73. The van der Waals surface area contributed by atoms with E-state index in [1.165, 1.54) is 18.5 Å². The van der Waals surface area contributed by atoms with Crippen LogP contribution in [0.15, 0.2) is 51.7 Å². The second-order valence-electron chi connectivity index (χ2n) is 3.26. The van der Waals surface area contributed by atoms with Gasteiger partial charge in [-0.15, -0.1) is 0 Å². The first-order valence-electron chi connectivity index (χ1n) is 4.93. The van der Waals surface area contributed by atoms with Gasteiger partial charge in [-0.3, -0.25) is 0 Å². The van der Waals surface area contributed by atoms with Crippen molar-refractivity contribution in [2.75, 3.05) is 0 Å². The summed E-state index contributed by atoms with van der Waals surface area (Å²) in [6, 6.07) is 6.38. The van der Waals surface area contributed by atoms with Crippen LogP contribution in [0.4, 0.5) is 4.39 Å². The number of nitrogens with two attached hydrogens (primary N) is 1. The summed E-state index contributed by atoms with van der Waals surface area (Å²) in [7, 11) is 0. The molecular formula is C11H9FN4OS. The Labute approximate surface area is 107 Å². The van der Waals surface area contributed by atoms with Crippen LogP contribution in [0.5, 0.6) is 0 Å². The van der Waals surface area contributed by atoms with Gasteiger partial charge in [0.1, 0.15) is 16.5 Å². The molecule has 0 aliphatic carbocycles. The van der Waals surface area contributed by atoms with E-state index in [0.29, 0.717) is 9.92 Å². The van der Waals surface area contributed by atoms with Crippen molar-refractivity contribution in [3.8, 4) is 0 Å². The number of hydrogen-bond acceptors (Lipinski definition) is 5. The molecule has 0 saturated carbocycles. The van der Waals surface area contributed by atoms with Gasteiger partial charge in [0.05, 0.1) is 12.4 Å². The topological polar surface area (TPSA) is 84.4 Å². The van der Waals surface area contributed by atoms with Gasteiger partial charge in [0.2, 0.25) is 0 Å². The Morgan fingerprint density at radius 3 is 2.67 bits per heavy atom. The summed E-state index contributed by atoms with van der Waals surface area (Å²) in [6.07, 6.45) is 2.79. The van der Waals surface area contributed by atoms with E-state index in [-0.39, 0.29) is 17.3 Å². The van der Waals surface area contributed by atoms with E-state index in [2.05, 4.69) is 15.1 Å². The molecule has 2 aromatic rings. The van der Waals surface area contributed by atoms with Gasteiger partial charge in [0.15, 0.2) is 5.84 Å². The summed E-state index contributed by atoms with van der Waals surface area (Å²) >= 11 is 1.15. The van der Waals surface area contributed by atoms with Crippen molar-refractivity contribution in [3.63, 3.8) is 0 Å². The molecule has 92 valence electrons. The highest BCUT2D eigenvalue weighted by Gasteiger charge is 2.06. The molecule has 0 spiro atoms. The molecule has 1 aromatic carbocycles. The summed E-state index contributed by atoms with van der Waals surface area (Å²) in [5.41, 5.74) is 5.61. The van der Waals surface area contributed by atoms with Crippen molar-refractivity contribution >= 4 is 17.6 Å². The smallest absolute Gasteiger partial charge is 0.190 e. The fourth-order valence-corrected chi connectivity index (χ4v) is 1.94. The monoisotopic (exact) mass is 264 g/mol. The third-order valence-electron chi connectivity index (χ3n) is 2.05. The highest BCUT2D eigenvalue weighted by molar-refractivity contribution is 7.99. The van der Waals surface area contributed by atoms with E-state index in [1.54, 1.807) is 18.2 Å². The Bertz CT molecular complexity index is 574. The SMILES string of the molecule is NC(=NO)c1cnc(Sc2ccccc2F)cn1. The van der Waals surface area contributed by atoms with E-state index < -0.39 is 0 Å². The molecule has 5 nitrogen and oxygen atoms in total. The molecule has 0 aliphatic heterocycles. The van der Waals surface area contributed by atoms with Crippen molar-refractivity contribution in [1.82, 2.24) is 9.97 Å². The summed E-state index contributed by atoms with van der Waals surface area (Å²) in [6.45, 7) is 0. The Hall–Kier alpha value is -2.15. The number of oxime groups is 1. The number of rotatable bonds is 3. The summed E-state index contributed by atoms with van der Waals surface area (Å²) < 4.78 is 13.4. The Morgan fingerprint density at radius 1 is 1.28 bits per heavy atom. The van der Waals surface area contributed by atoms with Gasteiger partial charge in [-0.2, -0.15) is 0 Å². The summed E-state index contributed by atoms with van der Waals surface area (Å²) in [4.78, 5) is 8.46. The van der Waals surface area contributed by atoms with Gasteiger partial charge in [-0.1, -0.05) is 29.1 Å². The number of halogens is 1. The summed E-state index contributed by atoms with van der Waals surface area (Å²) in [5, 5.41) is 11.8. The van der Waals surface area contributed by atoms with Crippen LogP contribution in [0.3, 0.4) is 0 Å². The lowest BCUT2D eigenvalue weighted by atomic mass is 10.3.